The van der Waals surface area contributed by atoms with Crippen LogP contribution in [0.15, 0.2) is 35.4 Å². The number of nitrogens with zero attached hydrogens (tertiary/aromatic N) is 4. The Balaban J connectivity index is 1.21. The summed E-state index contributed by atoms with van der Waals surface area (Å²) in [7, 11) is 0. The molecule has 0 saturated carbocycles. The van der Waals surface area contributed by atoms with Crippen molar-refractivity contribution in [3.05, 3.63) is 41.0 Å². The van der Waals surface area contributed by atoms with Gasteiger partial charge in [-0.25, -0.2) is 14.8 Å². The number of hydrogen-bond donors (Lipinski definition) is 2. The Morgan fingerprint density at radius 2 is 1.84 bits per heavy atom. The van der Waals surface area contributed by atoms with E-state index in [0.717, 1.165) is 50.6 Å². The van der Waals surface area contributed by atoms with Crippen LogP contribution in [0.25, 0.3) is 0 Å². The molecule has 3 amide bonds. The van der Waals surface area contributed by atoms with E-state index >= 15 is 0 Å². The number of rotatable bonds is 13. The summed E-state index contributed by atoms with van der Waals surface area (Å²) < 4.78 is 14.3. The number of amides is 3. The van der Waals surface area contributed by atoms with Crippen molar-refractivity contribution in [3.63, 3.8) is 0 Å². The first-order valence-corrected chi connectivity index (χ1v) is 18.4. The summed E-state index contributed by atoms with van der Waals surface area (Å²) in [4.78, 5) is 51.0. The highest BCUT2D eigenvalue weighted by molar-refractivity contribution is 7.97. The molecule has 270 valence electrons. The first kappa shape index (κ1) is 38.7. The summed E-state index contributed by atoms with van der Waals surface area (Å²) in [5.74, 6) is 0.954. The lowest BCUT2D eigenvalue weighted by Crippen LogP contribution is -2.45. The normalized spacial score (nSPS) is 19.3. The van der Waals surface area contributed by atoms with Crippen LogP contribution >= 0.6 is 23.5 Å². The van der Waals surface area contributed by atoms with Gasteiger partial charge in [-0.3, -0.25) is 19.2 Å². The highest BCUT2D eigenvalue weighted by Gasteiger charge is 2.42. The van der Waals surface area contributed by atoms with Gasteiger partial charge in [0.1, 0.15) is 33.5 Å². The van der Waals surface area contributed by atoms with Gasteiger partial charge in [-0.05, 0) is 102 Å². The van der Waals surface area contributed by atoms with Crippen molar-refractivity contribution >= 4 is 53.1 Å². The van der Waals surface area contributed by atoms with Gasteiger partial charge in [-0.1, -0.05) is 38.4 Å². The molecular formula is C36H53ClN6O5S. The monoisotopic (exact) mass is 716 g/mol. The summed E-state index contributed by atoms with van der Waals surface area (Å²) in [6.45, 7) is 18.9. The Morgan fingerprint density at radius 1 is 1.08 bits per heavy atom. The fraction of sp³-hybridized carbons (Fsp3) is 0.639. The zero-order chi connectivity index (χ0) is 36.0. The van der Waals surface area contributed by atoms with Gasteiger partial charge in [0, 0.05) is 50.1 Å². The number of aromatic nitrogens is 2. The largest absolute Gasteiger partial charge is 0.444 e. The zero-order valence-corrected chi connectivity index (χ0v) is 31.8. The Bertz CT molecular complexity index is 1480. The first-order valence-electron chi connectivity index (χ1n) is 17.2. The van der Waals surface area contributed by atoms with Crippen molar-refractivity contribution < 1.29 is 23.9 Å². The van der Waals surface area contributed by atoms with Crippen molar-refractivity contribution in [2.24, 2.45) is 11.3 Å². The molecule has 13 heteroatoms. The van der Waals surface area contributed by atoms with Crippen LogP contribution in [0.1, 0.15) is 104 Å². The molecule has 2 aromatic rings. The Morgan fingerprint density at radius 3 is 2.53 bits per heavy atom. The van der Waals surface area contributed by atoms with Crippen molar-refractivity contribution in [1.82, 2.24) is 19.6 Å². The van der Waals surface area contributed by atoms with Crippen LogP contribution in [0.5, 0.6) is 0 Å². The predicted octanol–water partition coefficient (Wildman–Crippen LogP) is 7.74. The van der Waals surface area contributed by atoms with Crippen molar-refractivity contribution in [2.45, 2.75) is 116 Å². The molecule has 4 rings (SSSR count). The van der Waals surface area contributed by atoms with E-state index in [1.165, 1.54) is 0 Å². The standard InChI is InChI=1S/C36H53ClN6O5S/c1-34(2,3)18-11-21-47-26-17-20-42(32(26)45)28-16-15-25(30(37)40-28)31(44)41-49-29-14-9-13-27(39-29)38-19-10-12-24-22-36(7,8)43(23-24)33(46)48-35(4,5)6/h9,13-16,24,26H,10-12,17-23H2,1-8H3,(H,38,39)(H,41,44)/t24-,26?/m0/s1. The van der Waals surface area contributed by atoms with Crippen molar-refractivity contribution in [1.29, 1.82) is 0 Å². The molecule has 2 aromatic heterocycles. The van der Waals surface area contributed by atoms with Crippen LogP contribution in [0.4, 0.5) is 16.4 Å². The Kier molecular flexibility index (Phi) is 12.9. The topological polar surface area (TPSA) is 126 Å². The molecule has 1 unspecified atom stereocenters. The summed E-state index contributed by atoms with van der Waals surface area (Å²) >= 11 is 7.51. The quantitative estimate of drug-likeness (QED) is 0.122. The average molecular weight is 717 g/mol. The molecule has 2 N–H and O–H groups in total. The van der Waals surface area contributed by atoms with E-state index in [1.54, 1.807) is 17.0 Å². The first-order chi connectivity index (χ1) is 22.9. The molecule has 2 saturated heterocycles. The maximum Gasteiger partial charge on any atom is 0.410 e. The minimum atomic E-state index is -0.518. The second-order valence-corrected chi connectivity index (χ2v) is 16.9. The molecule has 2 atom stereocenters. The fourth-order valence-electron chi connectivity index (χ4n) is 6.16. The van der Waals surface area contributed by atoms with Gasteiger partial charge in [-0.15, -0.1) is 0 Å². The van der Waals surface area contributed by atoms with Crippen LogP contribution in [-0.2, 0) is 14.3 Å². The molecule has 0 bridgehead atoms. The van der Waals surface area contributed by atoms with Gasteiger partial charge >= 0.3 is 6.09 Å². The van der Waals surface area contributed by atoms with Crippen LogP contribution in [0.2, 0.25) is 5.15 Å². The molecule has 49 heavy (non-hydrogen) atoms. The molecule has 2 aliphatic heterocycles. The Hall–Kier alpha value is -3.09. The fourth-order valence-corrected chi connectivity index (χ4v) is 6.99. The minimum absolute atomic E-state index is 0.0150. The van der Waals surface area contributed by atoms with Gasteiger partial charge in [-0.2, -0.15) is 0 Å². The highest BCUT2D eigenvalue weighted by Crippen LogP contribution is 2.36. The van der Waals surface area contributed by atoms with E-state index in [9.17, 15) is 14.4 Å². The van der Waals surface area contributed by atoms with Crippen molar-refractivity contribution in [3.8, 4) is 0 Å². The second-order valence-electron chi connectivity index (χ2n) is 15.7. The summed E-state index contributed by atoms with van der Waals surface area (Å²) in [6, 6.07) is 8.78. The van der Waals surface area contributed by atoms with Crippen LogP contribution in [0, 0.1) is 11.3 Å². The number of hydrogen-bond acceptors (Lipinski definition) is 9. The summed E-state index contributed by atoms with van der Waals surface area (Å²) in [6.07, 6.45) is 4.60. The average Bonchev–Trinajstić information content (AvgIpc) is 3.52. The third-order valence-corrected chi connectivity index (χ3v) is 9.55. The Labute approximate surface area is 300 Å². The molecular weight excluding hydrogens is 664 g/mol. The number of carbonyl (C=O) groups is 3. The lowest BCUT2D eigenvalue weighted by molar-refractivity contribution is -0.127. The van der Waals surface area contributed by atoms with Gasteiger partial charge in [0.25, 0.3) is 11.8 Å². The SMILES string of the molecule is CC(C)(C)CCCOC1CCN(c2ccc(C(=O)NSc3cccc(NCCC[C@@H]4CN(C(=O)OC(C)(C)C)C(C)(C)C4)n3)c(Cl)n2)C1=O. The number of nitrogens with one attached hydrogen (secondary N) is 2. The molecule has 0 radical (unpaired) electrons. The highest BCUT2D eigenvalue weighted by atomic mass is 35.5. The third kappa shape index (κ3) is 11.5. The molecule has 4 heterocycles. The summed E-state index contributed by atoms with van der Waals surface area (Å²) in [5.41, 5.74) is -0.326. The van der Waals surface area contributed by atoms with Crippen LogP contribution in [0.3, 0.4) is 0 Å². The van der Waals surface area contributed by atoms with Gasteiger partial charge in [0.2, 0.25) is 0 Å². The smallest absolute Gasteiger partial charge is 0.410 e. The van der Waals surface area contributed by atoms with Gasteiger partial charge in [0.15, 0.2) is 0 Å². The molecule has 11 nitrogen and oxygen atoms in total. The number of anilines is 2. The van der Waals surface area contributed by atoms with E-state index in [0.29, 0.717) is 48.7 Å². The molecule has 2 fully saturated rings. The lowest BCUT2D eigenvalue weighted by atomic mass is 9.91. The number of carbonyl (C=O) groups excluding carboxylic acids is 3. The van der Waals surface area contributed by atoms with Gasteiger partial charge in [0.05, 0.1) is 5.56 Å². The predicted molar refractivity (Wildman–Crippen MR) is 195 cm³/mol. The number of ether oxygens (including phenoxy) is 2. The minimum Gasteiger partial charge on any atom is -0.444 e. The van der Waals surface area contributed by atoms with Crippen LogP contribution in [-0.4, -0.2) is 76.3 Å². The zero-order valence-electron chi connectivity index (χ0n) is 30.2. The molecule has 0 aromatic carbocycles. The molecule has 2 aliphatic rings. The number of pyridine rings is 2. The second kappa shape index (κ2) is 16.3. The number of halogens is 1. The third-order valence-electron chi connectivity index (χ3n) is 8.54. The number of likely N-dealkylation sites (tertiary alicyclic amines) is 1. The maximum atomic E-state index is 13.0. The maximum absolute atomic E-state index is 13.0. The van der Waals surface area contributed by atoms with E-state index in [1.807, 2.05) is 43.9 Å². The van der Waals surface area contributed by atoms with E-state index in [-0.39, 0.29) is 33.7 Å². The van der Waals surface area contributed by atoms with E-state index < -0.39 is 17.6 Å². The van der Waals surface area contributed by atoms with Gasteiger partial charge < -0.3 is 19.7 Å². The van der Waals surface area contributed by atoms with E-state index in [4.69, 9.17) is 21.1 Å². The lowest BCUT2D eigenvalue weighted by Gasteiger charge is -2.33. The summed E-state index contributed by atoms with van der Waals surface area (Å²) in [5, 5.41) is 3.99. The van der Waals surface area contributed by atoms with Crippen LogP contribution < -0.4 is 14.9 Å². The van der Waals surface area contributed by atoms with E-state index in [2.05, 4.69) is 54.6 Å². The molecule has 0 spiro atoms. The van der Waals surface area contributed by atoms with Crippen molar-refractivity contribution in [2.75, 3.05) is 36.5 Å². The molecule has 0 aliphatic carbocycles.